The number of hydrogen-bond donors (Lipinski definition) is 1. The van der Waals surface area contributed by atoms with Crippen molar-refractivity contribution in [1.82, 2.24) is 4.98 Å². The normalized spacial score (nSPS) is 20.8. The summed E-state index contributed by atoms with van der Waals surface area (Å²) in [6.07, 6.45) is 3.61. The Labute approximate surface area is 76.5 Å². The first-order valence-corrected chi connectivity index (χ1v) is 4.60. The Morgan fingerprint density at radius 3 is 3.08 bits per heavy atom. The first-order valence-electron chi connectivity index (χ1n) is 4.60. The molecule has 2 heteroatoms. The number of para-hydroxylation sites is 1. The average molecular weight is 173 g/mol. The van der Waals surface area contributed by atoms with Gasteiger partial charge in [-0.3, -0.25) is 0 Å². The second-order valence-electron chi connectivity index (χ2n) is 3.52. The molecule has 66 valence electrons. The molecular weight excluding hydrogens is 162 g/mol. The van der Waals surface area contributed by atoms with Gasteiger partial charge >= 0.3 is 0 Å². The fourth-order valence-corrected chi connectivity index (χ4v) is 1.73. The molecule has 2 aromatic rings. The summed E-state index contributed by atoms with van der Waals surface area (Å²) in [7, 11) is 0. The van der Waals surface area contributed by atoms with Gasteiger partial charge in [0.2, 0.25) is 0 Å². The lowest BCUT2D eigenvalue weighted by molar-refractivity contribution is 0.408. The second kappa shape index (κ2) is 2.60. The molecule has 0 aliphatic carbocycles. The predicted molar refractivity (Wildman–Crippen MR) is 51.7 cm³/mol. The summed E-state index contributed by atoms with van der Waals surface area (Å²) >= 11 is 0. The van der Waals surface area contributed by atoms with Crippen LogP contribution in [-0.2, 0) is 11.2 Å². The largest absolute Gasteiger partial charge is 0.373 e. The highest BCUT2D eigenvalue weighted by atomic mass is 16.6. The molecule has 1 aliphatic rings. The van der Waals surface area contributed by atoms with Gasteiger partial charge < -0.3 is 9.72 Å². The molecule has 1 fully saturated rings. The first-order chi connectivity index (χ1) is 6.43. The summed E-state index contributed by atoms with van der Waals surface area (Å²) in [6, 6.07) is 8.39. The lowest BCUT2D eigenvalue weighted by Crippen LogP contribution is -1.90. The van der Waals surface area contributed by atoms with Crippen molar-refractivity contribution in [3.05, 3.63) is 36.0 Å². The highest BCUT2D eigenvalue weighted by Crippen LogP contribution is 2.23. The smallest absolute Gasteiger partial charge is 0.0850 e. The minimum Gasteiger partial charge on any atom is -0.373 e. The van der Waals surface area contributed by atoms with Crippen LogP contribution in [0.5, 0.6) is 0 Å². The van der Waals surface area contributed by atoms with Gasteiger partial charge in [-0.25, -0.2) is 0 Å². The second-order valence-corrected chi connectivity index (χ2v) is 3.52. The van der Waals surface area contributed by atoms with Gasteiger partial charge in [-0.05, 0) is 11.6 Å². The maximum absolute atomic E-state index is 5.22. The molecule has 2 heterocycles. The monoisotopic (exact) mass is 173 g/mol. The number of ether oxygens (including phenoxy) is 1. The highest BCUT2D eigenvalue weighted by molar-refractivity contribution is 5.83. The third kappa shape index (κ3) is 1.23. The van der Waals surface area contributed by atoms with Crippen LogP contribution >= 0.6 is 0 Å². The Morgan fingerprint density at radius 2 is 2.23 bits per heavy atom. The fraction of sp³-hybridized carbons (Fsp3) is 0.273. The zero-order valence-electron chi connectivity index (χ0n) is 7.29. The number of H-pyrrole nitrogens is 1. The average Bonchev–Trinajstić information content (AvgIpc) is 2.88. The van der Waals surface area contributed by atoms with Gasteiger partial charge in [0.25, 0.3) is 0 Å². The number of fused-ring (bicyclic) bond motifs is 1. The van der Waals surface area contributed by atoms with E-state index in [-0.39, 0.29) is 0 Å². The van der Waals surface area contributed by atoms with Crippen molar-refractivity contribution in [3.8, 4) is 0 Å². The van der Waals surface area contributed by atoms with E-state index in [1.54, 1.807) is 0 Å². The van der Waals surface area contributed by atoms with Crippen LogP contribution in [0, 0.1) is 0 Å². The molecule has 1 N–H and O–H groups in total. The standard InChI is InChI=1S/C11H11NO/c1-2-4-11-10(3-1)8(6-12-11)5-9-7-13-9/h1-4,6,9,12H,5,7H2. The molecule has 0 saturated carbocycles. The maximum atomic E-state index is 5.22. The molecule has 3 rings (SSSR count). The maximum Gasteiger partial charge on any atom is 0.0850 e. The molecule has 0 amide bonds. The van der Waals surface area contributed by atoms with Crippen molar-refractivity contribution < 1.29 is 4.74 Å². The zero-order valence-corrected chi connectivity index (χ0v) is 7.29. The van der Waals surface area contributed by atoms with Crippen molar-refractivity contribution >= 4 is 10.9 Å². The number of nitrogens with one attached hydrogen (secondary N) is 1. The van der Waals surface area contributed by atoms with Crippen molar-refractivity contribution in [1.29, 1.82) is 0 Å². The van der Waals surface area contributed by atoms with Crippen LogP contribution in [0.4, 0.5) is 0 Å². The molecule has 1 saturated heterocycles. The number of aromatic nitrogens is 1. The molecule has 0 radical (unpaired) electrons. The molecule has 13 heavy (non-hydrogen) atoms. The zero-order chi connectivity index (χ0) is 8.67. The summed E-state index contributed by atoms with van der Waals surface area (Å²) in [6.45, 7) is 0.930. The molecular formula is C11H11NO. The Balaban J connectivity index is 2.06. The number of hydrogen-bond acceptors (Lipinski definition) is 1. The Bertz CT molecular complexity index is 428. The minimum absolute atomic E-state index is 0.471. The molecule has 0 bridgehead atoms. The lowest BCUT2D eigenvalue weighted by atomic mass is 10.1. The van der Waals surface area contributed by atoms with Crippen LogP contribution in [0.15, 0.2) is 30.5 Å². The minimum atomic E-state index is 0.471. The van der Waals surface area contributed by atoms with Gasteiger partial charge in [-0.1, -0.05) is 18.2 Å². The Morgan fingerprint density at radius 1 is 1.38 bits per heavy atom. The quantitative estimate of drug-likeness (QED) is 0.692. The van der Waals surface area contributed by atoms with Crippen LogP contribution in [0.3, 0.4) is 0 Å². The van der Waals surface area contributed by atoms with E-state index in [0.717, 1.165) is 13.0 Å². The van der Waals surface area contributed by atoms with Crippen LogP contribution in [0.2, 0.25) is 0 Å². The first kappa shape index (κ1) is 7.15. The molecule has 1 atom stereocenters. The Hall–Kier alpha value is -1.28. The Kier molecular flexibility index (Phi) is 1.43. The summed E-state index contributed by atoms with van der Waals surface area (Å²) < 4.78 is 5.22. The van der Waals surface area contributed by atoms with Crippen molar-refractivity contribution in [2.75, 3.05) is 6.61 Å². The predicted octanol–water partition coefficient (Wildman–Crippen LogP) is 2.11. The molecule has 1 aromatic heterocycles. The molecule has 1 aromatic carbocycles. The fourth-order valence-electron chi connectivity index (χ4n) is 1.73. The number of rotatable bonds is 2. The highest BCUT2D eigenvalue weighted by Gasteiger charge is 2.23. The van der Waals surface area contributed by atoms with Crippen molar-refractivity contribution in [3.63, 3.8) is 0 Å². The van der Waals surface area contributed by atoms with Gasteiger partial charge in [-0.2, -0.15) is 0 Å². The van der Waals surface area contributed by atoms with Crippen molar-refractivity contribution in [2.24, 2.45) is 0 Å². The number of aromatic amines is 1. The molecule has 1 aliphatic heterocycles. The van der Waals surface area contributed by atoms with E-state index in [0.29, 0.717) is 6.10 Å². The topological polar surface area (TPSA) is 28.3 Å². The number of benzene rings is 1. The molecule has 1 unspecified atom stereocenters. The van der Waals surface area contributed by atoms with E-state index >= 15 is 0 Å². The lowest BCUT2D eigenvalue weighted by Gasteiger charge is -1.93. The van der Waals surface area contributed by atoms with Gasteiger partial charge in [0, 0.05) is 23.5 Å². The molecule has 2 nitrogen and oxygen atoms in total. The summed E-state index contributed by atoms with van der Waals surface area (Å²) in [5, 5.41) is 1.33. The third-order valence-corrected chi connectivity index (χ3v) is 2.52. The number of epoxide rings is 1. The summed E-state index contributed by atoms with van der Waals surface area (Å²) in [4.78, 5) is 3.27. The van der Waals surface area contributed by atoms with E-state index in [1.165, 1.54) is 16.5 Å². The van der Waals surface area contributed by atoms with Crippen molar-refractivity contribution in [2.45, 2.75) is 12.5 Å². The van der Waals surface area contributed by atoms with Gasteiger partial charge in [0.15, 0.2) is 0 Å². The van der Waals surface area contributed by atoms with Gasteiger partial charge in [-0.15, -0.1) is 0 Å². The summed E-state index contributed by atoms with van der Waals surface area (Å²) in [5.74, 6) is 0. The molecule has 0 spiro atoms. The van der Waals surface area contributed by atoms with E-state index in [9.17, 15) is 0 Å². The van der Waals surface area contributed by atoms with Crippen LogP contribution in [0.25, 0.3) is 10.9 Å². The van der Waals surface area contributed by atoms with E-state index < -0.39 is 0 Å². The summed E-state index contributed by atoms with van der Waals surface area (Å²) in [5.41, 5.74) is 2.59. The van der Waals surface area contributed by atoms with E-state index in [1.807, 2.05) is 0 Å². The van der Waals surface area contributed by atoms with Gasteiger partial charge in [0.1, 0.15) is 0 Å². The van der Waals surface area contributed by atoms with Crippen LogP contribution in [0.1, 0.15) is 5.56 Å². The third-order valence-electron chi connectivity index (χ3n) is 2.52. The van der Waals surface area contributed by atoms with E-state index in [2.05, 4.69) is 35.4 Å². The van der Waals surface area contributed by atoms with Crippen LogP contribution < -0.4 is 0 Å². The van der Waals surface area contributed by atoms with Gasteiger partial charge in [0.05, 0.1) is 12.7 Å². The van der Waals surface area contributed by atoms with Crippen LogP contribution in [-0.4, -0.2) is 17.7 Å². The van der Waals surface area contributed by atoms with E-state index in [4.69, 9.17) is 4.74 Å². The SMILES string of the molecule is c1ccc2c(CC3CO3)c[nH]c2c1.